The van der Waals surface area contributed by atoms with E-state index in [1.54, 1.807) is 0 Å². The SMILES string of the molecule is COC(=O)CCC(=O)N[C@@H](C(=O)OC)[C@@H](CC(=O)OC)c1ccc([N+](=O)[O-])cc1. The van der Waals surface area contributed by atoms with Crippen LogP contribution in [0.25, 0.3) is 0 Å². The lowest BCUT2D eigenvalue weighted by Gasteiger charge is -2.25. The molecule has 11 nitrogen and oxygen atoms in total. The summed E-state index contributed by atoms with van der Waals surface area (Å²) < 4.78 is 13.8. The highest BCUT2D eigenvalue weighted by Gasteiger charge is 2.34. The number of ether oxygens (including phenoxy) is 3. The minimum absolute atomic E-state index is 0.178. The largest absolute Gasteiger partial charge is 0.469 e. The predicted octanol–water partition coefficient (Wildman–Crippen LogP) is 0.853. The average molecular weight is 410 g/mol. The van der Waals surface area contributed by atoms with Gasteiger partial charge in [0.25, 0.3) is 5.69 Å². The van der Waals surface area contributed by atoms with Crippen molar-refractivity contribution in [1.82, 2.24) is 5.32 Å². The first kappa shape index (κ1) is 23.5. The zero-order valence-corrected chi connectivity index (χ0v) is 16.2. The number of nitro benzene ring substituents is 1. The number of nitro groups is 1. The summed E-state index contributed by atoms with van der Waals surface area (Å²) in [6.45, 7) is 0. The van der Waals surface area contributed by atoms with Gasteiger partial charge in [0, 0.05) is 24.5 Å². The third-order valence-corrected chi connectivity index (χ3v) is 4.10. The molecule has 0 aliphatic rings. The second kappa shape index (κ2) is 11.4. The van der Waals surface area contributed by atoms with Crippen LogP contribution in [0.5, 0.6) is 0 Å². The van der Waals surface area contributed by atoms with Crippen LogP contribution in [0.1, 0.15) is 30.7 Å². The molecule has 0 aliphatic heterocycles. The molecule has 0 radical (unpaired) electrons. The van der Waals surface area contributed by atoms with Crippen molar-refractivity contribution in [1.29, 1.82) is 0 Å². The van der Waals surface area contributed by atoms with Crippen molar-refractivity contribution in [3.05, 3.63) is 39.9 Å². The lowest BCUT2D eigenvalue weighted by molar-refractivity contribution is -0.384. The molecule has 0 saturated carbocycles. The van der Waals surface area contributed by atoms with E-state index in [2.05, 4.69) is 14.8 Å². The van der Waals surface area contributed by atoms with E-state index < -0.39 is 40.7 Å². The van der Waals surface area contributed by atoms with Crippen LogP contribution in [0, 0.1) is 10.1 Å². The van der Waals surface area contributed by atoms with Crippen molar-refractivity contribution in [3.63, 3.8) is 0 Å². The maximum Gasteiger partial charge on any atom is 0.329 e. The fourth-order valence-electron chi connectivity index (χ4n) is 2.55. The van der Waals surface area contributed by atoms with Gasteiger partial charge in [0.05, 0.1) is 39.1 Å². The maximum absolute atomic E-state index is 12.3. The monoisotopic (exact) mass is 410 g/mol. The molecule has 0 bridgehead atoms. The summed E-state index contributed by atoms with van der Waals surface area (Å²) in [5.74, 6) is -3.65. The first-order valence-electron chi connectivity index (χ1n) is 8.48. The Bertz CT molecular complexity index is 761. The minimum atomic E-state index is -1.29. The zero-order chi connectivity index (χ0) is 22.0. The molecule has 158 valence electrons. The number of carbonyl (C=O) groups is 4. The van der Waals surface area contributed by atoms with Gasteiger partial charge >= 0.3 is 17.9 Å². The lowest BCUT2D eigenvalue weighted by atomic mass is 9.88. The second-order valence-electron chi connectivity index (χ2n) is 5.88. The average Bonchev–Trinajstić information content (AvgIpc) is 2.73. The molecule has 1 N–H and O–H groups in total. The molecule has 0 spiro atoms. The number of hydrogen-bond donors (Lipinski definition) is 1. The third kappa shape index (κ3) is 7.20. The first-order chi connectivity index (χ1) is 13.7. The summed E-state index contributed by atoms with van der Waals surface area (Å²) in [5, 5.41) is 13.3. The van der Waals surface area contributed by atoms with Gasteiger partial charge in [0.15, 0.2) is 0 Å². The van der Waals surface area contributed by atoms with E-state index in [0.717, 1.165) is 14.2 Å². The minimum Gasteiger partial charge on any atom is -0.469 e. The van der Waals surface area contributed by atoms with Crippen molar-refractivity contribution in [2.75, 3.05) is 21.3 Å². The molecule has 0 unspecified atom stereocenters. The van der Waals surface area contributed by atoms with Crippen LogP contribution in [-0.4, -0.2) is 56.1 Å². The van der Waals surface area contributed by atoms with Crippen LogP contribution in [0.4, 0.5) is 5.69 Å². The number of methoxy groups -OCH3 is 3. The Morgan fingerprint density at radius 2 is 1.55 bits per heavy atom. The number of esters is 3. The fraction of sp³-hybridized carbons (Fsp3) is 0.444. The normalized spacial score (nSPS) is 12.2. The molecule has 0 aromatic heterocycles. The molecular formula is C18H22N2O9. The number of rotatable bonds is 10. The fourth-order valence-corrected chi connectivity index (χ4v) is 2.55. The summed E-state index contributed by atoms with van der Waals surface area (Å²) >= 11 is 0. The van der Waals surface area contributed by atoms with E-state index in [-0.39, 0.29) is 24.9 Å². The van der Waals surface area contributed by atoms with Crippen LogP contribution >= 0.6 is 0 Å². The Morgan fingerprint density at radius 3 is 2.03 bits per heavy atom. The summed E-state index contributed by atoms with van der Waals surface area (Å²) in [7, 11) is 3.46. The van der Waals surface area contributed by atoms with Crippen molar-refractivity contribution in [2.24, 2.45) is 0 Å². The molecule has 0 heterocycles. The molecule has 11 heteroatoms. The summed E-state index contributed by atoms with van der Waals surface area (Å²) in [4.78, 5) is 57.8. The number of hydrogen-bond acceptors (Lipinski definition) is 9. The van der Waals surface area contributed by atoms with Gasteiger partial charge in [-0.05, 0) is 5.56 Å². The van der Waals surface area contributed by atoms with Gasteiger partial charge in [-0.1, -0.05) is 12.1 Å². The number of benzene rings is 1. The first-order valence-corrected chi connectivity index (χ1v) is 8.48. The molecule has 1 aromatic rings. The van der Waals surface area contributed by atoms with Crippen LogP contribution in [0.2, 0.25) is 0 Å². The van der Waals surface area contributed by atoms with Crippen LogP contribution in [0.3, 0.4) is 0 Å². The Morgan fingerprint density at radius 1 is 0.966 bits per heavy atom. The van der Waals surface area contributed by atoms with Gasteiger partial charge in [-0.25, -0.2) is 4.79 Å². The highest BCUT2D eigenvalue weighted by Crippen LogP contribution is 2.27. The van der Waals surface area contributed by atoms with Gasteiger partial charge in [-0.2, -0.15) is 0 Å². The molecule has 0 fully saturated rings. The second-order valence-corrected chi connectivity index (χ2v) is 5.88. The molecule has 29 heavy (non-hydrogen) atoms. The Balaban J connectivity index is 3.17. The molecule has 2 atom stereocenters. The van der Waals surface area contributed by atoms with Gasteiger partial charge in [-0.15, -0.1) is 0 Å². The highest BCUT2D eigenvalue weighted by atomic mass is 16.6. The number of amides is 1. The van der Waals surface area contributed by atoms with Crippen molar-refractivity contribution >= 4 is 29.5 Å². The summed E-state index contributed by atoms with van der Waals surface area (Å²) in [5.41, 5.74) is 0.201. The van der Waals surface area contributed by atoms with Crippen molar-refractivity contribution in [2.45, 2.75) is 31.2 Å². The van der Waals surface area contributed by atoms with E-state index in [4.69, 9.17) is 4.74 Å². The van der Waals surface area contributed by atoms with E-state index in [1.807, 2.05) is 0 Å². The standard InChI is InChI=1S/C18H22N2O9/c1-27-15(22)9-8-14(21)19-17(18(24)29-3)13(10-16(23)28-2)11-4-6-12(7-5-11)20(25)26/h4-7,13,17H,8-10H2,1-3H3,(H,19,21)/t13-,17+/m0/s1. The van der Waals surface area contributed by atoms with Gasteiger partial charge in [0.2, 0.25) is 5.91 Å². The van der Waals surface area contributed by atoms with E-state index in [1.165, 1.54) is 31.4 Å². The van der Waals surface area contributed by atoms with Gasteiger partial charge in [-0.3, -0.25) is 24.5 Å². The van der Waals surface area contributed by atoms with Crippen molar-refractivity contribution in [3.8, 4) is 0 Å². The molecule has 1 aromatic carbocycles. The van der Waals surface area contributed by atoms with Crippen LogP contribution in [0.15, 0.2) is 24.3 Å². The Labute approximate surface area is 166 Å². The quantitative estimate of drug-likeness (QED) is 0.256. The zero-order valence-electron chi connectivity index (χ0n) is 16.2. The Kier molecular flexibility index (Phi) is 9.23. The highest BCUT2D eigenvalue weighted by molar-refractivity contribution is 5.87. The lowest BCUT2D eigenvalue weighted by Crippen LogP contribution is -2.46. The van der Waals surface area contributed by atoms with Crippen molar-refractivity contribution < 1.29 is 38.3 Å². The smallest absolute Gasteiger partial charge is 0.329 e. The molecule has 1 amide bonds. The molecule has 0 saturated heterocycles. The topological polar surface area (TPSA) is 151 Å². The molecule has 0 aliphatic carbocycles. The summed E-state index contributed by atoms with van der Waals surface area (Å²) in [6, 6.07) is 3.90. The molecular weight excluding hydrogens is 388 g/mol. The summed E-state index contributed by atoms with van der Waals surface area (Å²) in [6.07, 6.45) is -0.744. The van der Waals surface area contributed by atoms with Crippen LogP contribution < -0.4 is 5.32 Å². The number of nitrogens with zero attached hydrogens (tertiary/aromatic N) is 1. The van der Waals surface area contributed by atoms with E-state index >= 15 is 0 Å². The third-order valence-electron chi connectivity index (χ3n) is 4.10. The number of nitrogens with one attached hydrogen (secondary N) is 1. The van der Waals surface area contributed by atoms with Crippen LogP contribution in [-0.2, 0) is 33.4 Å². The number of non-ortho nitro benzene ring substituents is 1. The van der Waals surface area contributed by atoms with Gasteiger partial charge < -0.3 is 19.5 Å². The molecule has 1 rings (SSSR count). The van der Waals surface area contributed by atoms with E-state index in [9.17, 15) is 29.3 Å². The maximum atomic E-state index is 12.3. The Hall–Kier alpha value is -3.50. The predicted molar refractivity (Wildman–Crippen MR) is 97.7 cm³/mol. The van der Waals surface area contributed by atoms with Gasteiger partial charge in [0.1, 0.15) is 6.04 Å². The van der Waals surface area contributed by atoms with E-state index in [0.29, 0.717) is 5.56 Å². The number of carbonyl (C=O) groups excluding carboxylic acids is 4.